The normalized spacial score (nSPS) is 12.4. The highest BCUT2D eigenvalue weighted by Gasteiger charge is 2.12. The summed E-state index contributed by atoms with van der Waals surface area (Å²) in [4.78, 5) is 2.84. The number of nitrogens with zero attached hydrogens (tertiary/aromatic N) is 1. The molecule has 1 N–H and O–H groups in total. The molecular weight excluding hydrogens is 566 g/mol. The summed E-state index contributed by atoms with van der Waals surface area (Å²) in [7, 11) is -3.29. The zero-order valence-electron chi connectivity index (χ0n) is 30.7. The Morgan fingerprint density at radius 2 is 0.705 bits per heavy atom. The van der Waals surface area contributed by atoms with Gasteiger partial charge in [0.2, 0.25) is 0 Å². The van der Waals surface area contributed by atoms with E-state index in [0.29, 0.717) is 0 Å². The van der Waals surface area contributed by atoms with E-state index in [1.165, 1.54) is 206 Å². The molecule has 1 unspecified atom stereocenters. The van der Waals surface area contributed by atoms with Gasteiger partial charge in [-0.05, 0) is 39.3 Å². The lowest BCUT2D eigenvalue weighted by Crippen LogP contribution is -2.34. The maximum absolute atomic E-state index is 9.33. The predicted molar refractivity (Wildman–Crippen MR) is 195 cm³/mol. The fourth-order valence-corrected chi connectivity index (χ4v) is 6.17. The molecule has 0 rings (SSSR count). The van der Waals surface area contributed by atoms with E-state index >= 15 is 0 Å². The highest BCUT2D eigenvalue weighted by atomic mass is 32.3. The Bertz CT molecular complexity index is 596. The Balaban J connectivity index is 0. The van der Waals surface area contributed by atoms with E-state index in [1.54, 1.807) is 0 Å². The summed E-state index contributed by atoms with van der Waals surface area (Å²) >= 11 is 0. The lowest BCUT2D eigenvalue weighted by molar-refractivity contribution is 0.190. The van der Waals surface area contributed by atoms with E-state index in [4.69, 9.17) is 4.55 Å². The largest absolute Gasteiger partial charge is 0.397 e. The van der Waals surface area contributed by atoms with Crippen LogP contribution < -0.4 is 0 Å². The first-order chi connectivity index (χ1) is 21.3. The molecule has 6 heteroatoms. The molecule has 0 saturated heterocycles. The van der Waals surface area contributed by atoms with Gasteiger partial charge in [-0.2, -0.15) is 8.42 Å². The van der Waals surface area contributed by atoms with Crippen LogP contribution in [0.25, 0.3) is 0 Å². The second-order valence-electron chi connectivity index (χ2n) is 13.5. The van der Waals surface area contributed by atoms with Gasteiger partial charge in [0.25, 0.3) is 0 Å². The summed E-state index contributed by atoms with van der Waals surface area (Å²) in [6, 6.07) is 0.781. The van der Waals surface area contributed by atoms with Gasteiger partial charge in [0.1, 0.15) is 0 Å². The third kappa shape index (κ3) is 39.9. The minimum Gasteiger partial charge on any atom is -0.301 e. The van der Waals surface area contributed by atoms with Crippen molar-refractivity contribution in [3.63, 3.8) is 0 Å². The molecule has 0 aliphatic carbocycles. The van der Waals surface area contributed by atoms with E-state index in [9.17, 15) is 8.42 Å². The van der Waals surface area contributed by atoms with Gasteiger partial charge in [0, 0.05) is 6.04 Å². The minimum atomic E-state index is -4.16. The second-order valence-corrected chi connectivity index (χ2v) is 14.6. The molecule has 0 spiro atoms. The van der Waals surface area contributed by atoms with Crippen molar-refractivity contribution >= 4 is 10.4 Å². The predicted octanol–water partition coefficient (Wildman–Crippen LogP) is 12.9. The average Bonchev–Trinajstić information content (AvgIpc) is 3.00. The van der Waals surface area contributed by atoms with Crippen molar-refractivity contribution in [2.24, 2.45) is 0 Å². The van der Waals surface area contributed by atoms with Gasteiger partial charge in [-0.3, -0.25) is 8.74 Å². The number of rotatable bonds is 34. The third-order valence-corrected chi connectivity index (χ3v) is 9.56. The molecule has 0 amide bonds. The van der Waals surface area contributed by atoms with Gasteiger partial charge in [0.05, 0.1) is 7.11 Å². The van der Waals surface area contributed by atoms with E-state index < -0.39 is 10.4 Å². The molecule has 0 aliphatic heterocycles. The molecule has 0 heterocycles. The van der Waals surface area contributed by atoms with Crippen LogP contribution in [0.1, 0.15) is 220 Å². The molecule has 0 bridgehead atoms. The van der Waals surface area contributed by atoms with E-state index in [0.717, 1.165) is 13.2 Å². The molecule has 5 nitrogen and oxygen atoms in total. The molecule has 1 atom stereocenters. The Morgan fingerprint density at radius 3 is 0.909 bits per heavy atom. The van der Waals surface area contributed by atoms with Crippen LogP contribution >= 0.6 is 0 Å². The fraction of sp³-hybridized carbons (Fsp3) is 1.00. The first kappa shape index (κ1) is 46.0. The molecular formula is C38H81NO4S. The summed E-state index contributed by atoms with van der Waals surface area (Å²) in [5.74, 6) is 0. The van der Waals surface area contributed by atoms with Crippen molar-refractivity contribution in [2.75, 3.05) is 20.2 Å². The summed E-state index contributed by atoms with van der Waals surface area (Å²) in [5.41, 5.74) is 0. The van der Waals surface area contributed by atoms with Gasteiger partial charge in [-0.1, -0.05) is 194 Å². The van der Waals surface area contributed by atoms with Gasteiger partial charge < -0.3 is 4.90 Å². The van der Waals surface area contributed by atoms with Crippen LogP contribution in [0.4, 0.5) is 0 Å². The summed E-state index contributed by atoms with van der Waals surface area (Å²) < 4.78 is 29.7. The van der Waals surface area contributed by atoms with Gasteiger partial charge in [-0.25, -0.2) is 0 Å². The minimum absolute atomic E-state index is 0.781. The van der Waals surface area contributed by atoms with Gasteiger partial charge >= 0.3 is 10.4 Å². The van der Waals surface area contributed by atoms with Crippen LogP contribution in [-0.4, -0.2) is 44.1 Å². The molecule has 0 aromatic heterocycles. The van der Waals surface area contributed by atoms with Crippen LogP contribution in [0.15, 0.2) is 0 Å². The van der Waals surface area contributed by atoms with Crippen molar-refractivity contribution in [2.45, 2.75) is 226 Å². The van der Waals surface area contributed by atoms with Crippen molar-refractivity contribution in [1.82, 2.24) is 4.90 Å². The maximum atomic E-state index is 9.33. The first-order valence-corrected chi connectivity index (χ1v) is 21.0. The molecule has 44 heavy (non-hydrogen) atoms. The molecule has 0 aromatic rings. The summed E-state index contributed by atoms with van der Waals surface area (Å²) in [5, 5.41) is 0. The average molecular weight is 648 g/mol. The zero-order valence-corrected chi connectivity index (χ0v) is 31.5. The van der Waals surface area contributed by atoms with E-state index in [1.807, 2.05) is 0 Å². The maximum Gasteiger partial charge on any atom is 0.397 e. The van der Waals surface area contributed by atoms with Crippen LogP contribution in [0.2, 0.25) is 0 Å². The number of hydrogen-bond acceptors (Lipinski definition) is 4. The van der Waals surface area contributed by atoms with Gasteiger partial charge in [-0.15, -0.1) is 0 Å². The Labute approximate surface area is 278 Å². The van der Waals surface area contributed by atoms with Crippen LogP contribution in [0.5, 0.6) is 0 Å². The summed E-state index contributed by atoms with van der Waals surface area (Å²) in [6.07, 6.45) is 43.6. The smallest absolute Gasteiger partial charge is 0.301 e. The zero-order chi connectivity index (χ0) is 33.0. The highest BCUT2D eigenvalue weighted by Crippen LogP contribution is 2.16. The Kier molecular flexibility index (Phi) is 38.9. The highest BCUT2D eigenvalue weighted by molar-refractivity contribution is 7.80. The van der Waals surface area contributed by atoms with Crippen molar-refractivity contribution in [1.29, 1.82) is 0 Å². The van der Waals surface area contributed by atoms with Gasteiger partial charge in [0.15, 0.2) is 0 Å². The Morgan fingerprint density at radius 1 is 0.477 bits per heavy atom. The first-order valence-electron chi connectivity index (χ1n) is 19.6. The SMILES string of the molecule is CCCCCCCCCCCCCCCCN(CCCCCCCCCCCCCCCC)C(C)CCC.COS(=O)(=O)O. The third-order valence-electron chi connectivity index (χ3n) is 9.14. The van der Waals surface area contributed by atoms with Crippen LogP contribution in [0, 0.1) is 0 Å². The molecule has 0 aromatic carbocycles. The van der Waals surface area contributed by atoms with Crippen molar-refractivity contribution in [3.05, 3.63) is 0 Å². The lowest BCUT2D eigenvalue weighted by atomic mass is 10.0. The molecule has 268 valence electrons. The summed E-state index contributed by atoms with van der Waals surface area (Å²) in [6.45, 7) is 12.1. The lowest BCUT2D eigenvalue weighted by Gasteiger charge is -2.29. The van der Waals surface area contributed by atoms with E-state index in [-0.39, 0.29) is 0 Å². The van der Waals surface area contributed by atoms with E-state index in [2.05, 4.69) is 36.8 Å². The van der Waals surface area contributed by atoms with Crippen molar-refractivity contribution < 1.29 is 17.2 Å². The number of unbranched alkanes of at least 4 members (excludes halogenated alkanes) is 26. The van der Waals surface area contributed by atoms with Crippen LogP contribution in [0.3, 0.4) is 0 Å². The molecule has 0 saturated carbocycles. The molecule has 0 radical (unpaired) electrons. The Hall–Kier alpha value is -0.170. The topological polar surface area (TPSA) is 66.8 Å². The monoisotopic (exact) mass is 648 g/mol. The quantitative estimate of drug-likeness (QED) is 0.0556. The number of hydrogen-bond donors (Lipinski definition) is 1. The molecule has 0 aliphatic rings. The fourth-order valence-electron chi connectivity index (χ4n) is 6.17. The second kappa shape index (κ2) is 37.3. The van der Waals surface area contributed by atoms with Crippen LogP contribution in [-0.2, 0) is 14.6 Å². The molecule has 0 fully saturated rings. The standard InChI is InChI=1S/C37H77N.CH4O4S/c1-5-8-10-12-14-16-18-20-22-24-26-28-30-32-35-38(37(4)34-7-3)36-33-31-29-27-25-23-21-19-17-15-13-11-9-6-2;1-5-6(2,3)4/h37H,5-36H2,1-4H3;1H3,(H,2,3,4). The van der Waals surface area contributed by atoms with Crippen molar-refractivity contribution in [3.8, 4) is 0 Å².